The molecule has 2 aromatic heterocycles. The number of rotatable bonds is 7. The number of carbonyl (C=O) groups excluding carboxylic acids is 1. The SMILES string of the molecule is CCNC(=O)c1nnc(-c2cc3c(C(C)C)[nH]nc3cc2O)n1-c1ccc(N2CCN(CC)CC2)cc1. The van der Waals surface area contributed by atoms with E-state index in [-0.39, 0.29) is 23.4 Å². The number of hydrogen-bond donors (Lipinski definition) is 3. The second-order valence-corrected chi connectivity index (χ2v) is 9.66. The Hall–Kier alpha value is -3.92. The summed E-state index contributed by atoms with van der Waals surface area (Å²) >= 11 is 0. The molecule has 0 atom stereocenters. The zero-order chi connectivity index (χ0) is 26.1. The minimum absolute atomic E-state index is 0.0239. The number of carbonyl (C=O) groups is 1. The molecule has 10 nitrogen and oxygen atoms in total. The van der Waals surface area contributed by atoms with E-state index in [1.807, 2.05) is 25.1 Å². The number of aromatic nitrogens is 5. The van der Waals surface area contributed by atoms with Gasteiger partial charge in [-0.25, -0.2) is 0 Å². The number of piperazine rings is 1. The third-order valence-corrected chi connectivity index (χ3v) is 7.02. The van der Waals surface area contributed by atoms with Gasteiger partial charge in [0.1, 0.15) is 5.75 Å². The average Bonchev–Trinajstić information content (AvgIpc) is 3.53. The second kappa shape index (κ2) is 10.2. The number of nitrogens with one attached hydrogen (secondary N) is 2. The highest BCUT2D eigenvalue weighted by Crippen LogP contribution is 2.36. The van der Waals surface area contributed by atoms with E-state index in [0.717, 1.165) is 55.2 Å². The summed E-state index contributed by atoms with van der Waals surface area (Å²) in [6.07, 6.45) is 0. The molecule has 194 valence electrons. The first-order chi connectivity index (χ1) is 17.9. The van der Waals surface area contributed by atoms with Gasteiger partial charge in [-0.15, -0.1) is 10.2 Å². The Morgan fingerprint density at radius 2 is 1.76 bits per heavy atom. The summed E-state index contributed by atoms with van der Waals surface area (Å²) in [6, 6.07) is 11.6. The molecule has 1 aliphatic rings. The van der Waals surface area contributed by atoms with Crippen LogP contribution in [0.2, 0.25) is 0 Å². The third kappa shape index (κ3) is 4.64. The number of benzene rings is 2. The number of phenols is 1. The molecule has 3 heterocycles. The van der Waals surface area contributed by atoms with Crippen molar-refractivity contribution in [3.63, 3.8) is 0 Å². The van der Waals surface area contributed by atoms with Gasteiger partial charge in [0.15, 0.2) is 5.82 Å². The van der Waals surface area contributed by atoms with Gasteiger partial charge >= 0.3 is 0 Å². The lowest BCUT2D eigenvalue weighted by atomic mass is 10.0. The summed E-state index contributed by atoms with van der Waals surface area (Å²) in [4.78, 5) is 17.8. The van der Waals surface area contributed by atoms with Crippen LogP contribution in [-0.2, 0) is 0 Å². The lowest BCUT2D eigenvalue weighted by Gasteiger charge is -2.35. The van der Waals surface area contributed by atoms with Gasteiger partial charge in [-0.1, -0.05) is 20.8 Å². The maximum absolute atomic E-state index is 12.9. The molecule has 37 heavy (non-hydrogen) atoms. The topological polar surface area (TPSA) is 115 Å². The van der Waals surface area contributed by atoms with Crippen LogP contribution in [-0.4, -0.2) is 80.1 Å². The van der Waals surface area contributed by atoms with Crippen molar-refractivity contribution in [3.8, 4) is 22.8 Å². The van der Waals surface area contributed by atoms with Crippen LogP contribution in [0.1, 0.15) is 49.9 Å². The van der Waals surface area contributed by atoms with Crippen molar-refractivity contribution in [1.29, 1.82) is 0 Å². The first-order valence-corrected chi connectivity index (χ1v) is 12.9. The average molecular weight is 503 g/mol. The summed E-state index contributed by atoms with van der Waals surface area (Å²) in [7, 11) is 0. The molecular formula is C27H34N8O2. The zero-order valence-corrected chi connectivity index (χ0v) is 21.8. The van der Waals surface area contributed by atoms with Gasteiger partial charge in [0.2, 0.25) is 5.82 Å². The molecule has 3 N–H and O–H groups in total. The number of anilines is 1. The van der Waals surface area contributed by atoms with Crippen molar-refractivity contribution >= 4 is 22.5 Å². The number of amides is 1. The predicted molar refractivity (Wildman–Crippen MR) is 145 cm³/mol. The smallest absolute Gasteiger partial charge is 0.289 e. The lowest BCUT2D eigenvalue weighted by Crippen LogP contribution is -2.46. The molecular weight excluding hydrogens is 468 g/mol. The Morgan fingerprint density at radius 1 is 1.05 bits per heavy atom. The van der Waals surface area contributed by atoms with E-state index in [1.54, 1.807) is 10.6 Å². The van der Waals surface area contributed by atoms with E-state index >= 15 is 0 Å². The molecule has 1 aliphatic heterocycles. The van der Waals surface area contributed by atoms with E-state index in [0.29, 0.717) is 23.4 Å². The molecule has 1 saturated heterocycles. The van der Waals surface area contributed by atoms with Crippen LogP contribution < -0.4 is 10.2 Å². The number of hydrogen-bond acceptors (Lipinski definition) is 7. The van der Waals surface area contributed by atoms with Crippen LogP contribution >= 0.6 is 0 Å². The minimum Gasteiger partial charge on any atom is -0.507 e. The fourth-order valence-electron chi connectivity index (χ4n) is 4.91. The molecule has 0 spiro atoms. The van der Waals surface area contributed by atoms with Crippen LogP contribution in [0.25, 0.3) is 28.0 Å². The van der Waals surface area contributed by atoms with E-state index < -0.39 is 0 Å². The molecule has 10 heteroatoms. The fraction of sp³-hybridized carbons (Fsp3) is 0.407. The Kier molecular flexibility index (Phi) is 6.84. The highest BCUT2D eigenvalue weighted by molar-refractivity contribution is 5.93. The molecule has 5 rings (SSSR count). The third-order valence-electron chi connectivity index (χ3n) is 7.02. The summed E-state index contributed by atoms with van der Waals surface area (Å²) in [5, 5.41) is 30.7. The van der Waals surface area contributed by atoms with Crippen molar-refractivity contribution < 1.29 is 9.90 Å². The van der Waals surface area contributed by atoms with Gasteiger partial charge in [-0.3, -0.25) is 14.5 Å². The van der Waals surface area contributed by atoms with Crippen LogP contribution in [0.3, 0.4) is 0 Å². The van der Waals surface area contributed by atoms with Crippen molar-refractivity contribution in [3.05, 3.63) is 47.9 Å². The molecule has 2 aromatic carbocycles. The number of aromatic amines is 1. The number of nitrogens with zero attached hydrogens (tertiary/aromatic N) is 6. The number of fused-ring (bicyclic) bond motifs is 1. The van der Waals surface area contributed by atoms with Gasteiger partial charge in [0.05, 0.1) is 11.1 Å². The largest absolute Gasteiger partial charge is 0.507 e. The van der Waals surface area contributed by atoms with Crippen LogP contribution in [0.4, 0.5) is 5.69 Å². The molecule has 4 aromatic rings. The first-order valence-electron chi connectivity index (χ1n) is 12.9. The predicted octanol–water partition coefficient (Wildman–Crippen LogP) is 3.53. The first kappa shape index (κ1) is 24.8. The Bertz CT molecular complexity index is 1400. The molecule has 0 saturated carbocycles. The van der Waals surface area contributed by atoms with Gasteiger partial charge < -0.3 is 20.2 Å². The zero-order valence-electron chi connectivity index (χ0n) is 21.8. The van der Waals surface area contributed by atoms with Crippen LogP contribution in [0.15, 0.2) is 36.4 Å². The molecule has 1 fully saturated rings. The van der Waals surface area contributed by atoms with Gasteiger partial charge in [-0.2, -0.15) is 5.10 Å². The molecule has 0 radical (unpaired) electrons. The molecule has 1 amide bonds. The Morgan fingerprint density at radius 3 is 2.41 bits per heavy atom. The monoisotopic (exact) mass is 502 g/mol. The Labute approximate surface area is 216 Å². The van der Waals surface area contributed by atoms with Crippen molar-refractivity contribution in [2.75, 3.05) is 44.2 Å². The summed E-state index contributed by atoms with van der Waals surface area (Å²) in [5.74, 6) is 0.472. The molecule has 0 unspecified atom stereocenters. The standard InChI is InChI=1S/C27H34N8O2/c1-5-28-27(37)26-32-31-25(21-15-20-22(16-23(21)36)29-30-24(20)17(3)4)35(26)19-9-7-18(8-10-19)34-13-11-33(6-2)12-14-34/h7-10,15-17,36H,5-6,11-14H2,1-4H3,(H,28,37)(H,29,30). The van der Waals surface area contributed by atoms with E-state index in [4.69, 9.17) is 0 Å². The number of aromatic hydroxyl groups is 1. The fourth-order valence-corrected chi connectivity index (χ4v) is 4.91. The van der Waals surface area contributed by atoms with Crippen molar-refractivity contribution in [2.24, 2.45) is 0 Å². The highest BCUT2D eigenvalue weighted by atomic mass is 16.3. The quantitative estimate of drug-likeness (QED) is 0.354. The van der Waals surface area contributed by atoms with Crippen LogP contribution in [0.5, 0.6) is 5.75 Å². The number of likely N-dealkylation sites (N-methyl/N-ethyl adjacent to an activating group) is 1. The normalized spacial score (nSPS) is 14.6. The lowest BCUT2D eigenvalue weighted by molar-refractivity contribution is 0.0943. The van der Waals surface area contributed by atoms with Crippen LogP contribution in [0, 0.1) is 0 Å². The van der Waals surface area contributed by atoms with Gasteiger partial charge in [0.25, 0.3) is 5.91 Å². The van der Waals surface area contributed by atoms with E-state index in [2.05, 4.69) is 68.4 Å². The van der Waals surface area contributed by atoms with E-state index in [9.17, 15) is 9.90 Å². The summed E-state index contributed by atoms with van der Waals surface area (Å²) in [5.41, 5.74) is 4.01. The summed E-state index contributed by atoms with van der Waals surface area (Å²) < 4.78 is 1.71. The second-order valence-electron chi connectivity index (χ2n) is 9.66. The van der Waals surface area contributed by atoms with Gasteiger partial charge in [0, 0.05) is 61.2 Å². The maximum Gasteiger partial charge on any atom is 0.289 e. The van der Waals surface area contributed by atoms with Gasteiger partial charge in [-0.05, 0) is 49.7 Å². The number of H-pyrrole nitrogens is 1. The number of phenolic OH excluding ortho intramolecular Hbond substituents is 1. The summed E-state index contributed by atoms with van der Waals surface area (Å²) in [6.45, 7) is 13.8. The maximum atomic E-state index is 12.9. The molecule has 0 aliphatic carbocycles. The Balaban J connectivity index is 1.58. The van der Waals surface area contributed by atoms with Crippen molar-refractivity contribution in [1.82, 2.24) is 35.2 Å². The van der Waals surface area contributed by atoms with Crippen molar-refractivity contribution in [2.45, 2.75) is 33.6 Å². The van der Waals surface area contributed by atoms with E-state index in [1.165, 1.54) is 0 Å². The highest BCUT2D eigenvalue weighted by Gasteiger charge is 2.24. The minimum atomic E-state index is -0.326. The molecule has 0 bridgehead atoms.